The third-order valence-corrected chi connectivity index (χ3v) is 2.45. The topological polar surface area (TPSA) is 32.3 Å². The van der Waals surface area contributed by atoms with Crippen molar-refractivity contribution in [1.29, 1.82) is 0 Å². The molecule has 1 atom stereocenters. The summed E-state index contributed by atoms with van der Waals surface area (Å²) < 4.78 is 13.0. The summed E-state index contributed by atoms with van der Waals surface area (Å²) in [6, 6.07) is 4.76. The van der Waals surface area contributed by atoms with E-state index in [2.05, 4.69) is 19.2 Å². The van der Waals surface area contributed by atoms with Crippen LogP contribution in [-0.4, -0.2) is 11.1 Å². The van der Waals surface area contributed by atoms with Crippen LogP contribution < -0.4 is 5.32 Å². The lowest BCUT2D eigenvalue weighted by atomic mass is 10.1. The Morgan fingerprint density at radius 1 is 1.40 bits per heavy atom. The first-order chi connectivity index (χ1) is 7.17. The fourth-order valence-corrected chi connectivity index (χ4v) is 1.56. The predicted molar refractivity (Wildman–Crippen MR) is 60.7 cm³/mol. The summed E-state index contributed by atoms with van der Waals surface area (Å²) in [6.07, 6.45) is 3.18. The van der Waals surface area contributed by atoms with E-state index in [1.54, 1.807) is 6.07 Å². The van der Waals surface area contributed by atoms with Crippen LogP contribution in [0.15, 0.2) is 18.2 Å². The van der Waals surface area contributed by atoms with Gasteiger partial charge in [0.1, 0.15) is 0 Å². The molecule has 0 fully saturated rings. The highest BCUT2D eigenvalue weighted by Gasteiger charge is 2.06. The van der Waals surface area contributed by atoms with Gasteiger partial charge < -0.3 is 10.4 Å². The average Bonchev–Trinajstić information content (AvgIpc) is 2.23. The molecular formula is C12H18FNO. The van der Waals surface area contributed by atoms with Crippen LogP contribution in [0.1, 0.15) is 33.1 Å². The average molecular weight is 211 g/mol. The molecule has 0 aliphatic heterocycles. The van der Waals surface area contributed by atoms with Crippen molar-refractivity contribution in [2.45, 2.75) is 39.2 Å². The minimum Gasteiger partial charge on any atom is -0.505 e. The largest absolute Gasteiger partial charge is 0.505 e. The van der Waals surface area contributed by atoms with Crippen LogP contribution in [0.3, 0.4) is 0 Å². The Kier molecular flexibility index (Phi) is 4.40. The molecule has 15 heavy (non-hydrogen) atoms. The molecule has 0 aliphatic carbocycles. The Morgan fingerprint density at radius 3 is 2.67 bits per heavy atom. The van der Waals surface area contributed by atoms with Gasteiger partial charge in [0.25, 0.3) is 0 Å². The maximum absolute atomic E-state index is 13.0. The normalized spacial score (nSPS) is 12.5. The van der Waals surface area contributed by atoms with Gasteiger partial charge in [0.15, 0.2) is 11.6 Å². The van der Waals surface area contributed by atoms with Gasteiger partial charge in [0, 0.05) is 17.8 Å². The van der Waals surface area contributed by atoms with Crippen LogP contribution in [0.25, 0.3) is 0 Å². The van der Waals surface area contributed by atoms with Gasteiger partial charge in [-0.15, -0.1) is 0 Å². The monoisotopic (exact) mass is 211 g/mol. The zero-order valence-corrected chi connectivity index (χ0v) is 9.26. The molecule has 1 aromatic carbocycles. The fraction of sp³-hybridized carbons (Fsp3) is 0.500. The second-order valence-corrected chi connectivity index (χ2v) is 3.70. The zero-order chi connectivity index (χ0) is 11.3. The van der Waals surface area contributed by atoms with Crippen molar-refractivity contribution < 1.29 is 9.50 Å². The summed E-state index contributed by atoms with van der Waals surface area (Å²) in [5.74, 6) is -0.879. The molecular weight excluding hydrogens is 193 g/mol. The van der Waals surface area contributed by atoms with E-state index in [-0.39, 0.29) is 5.75 Å². The lowest BCUT2D eigenvalue weighted by Gasteiger charge is -2.17. The third-order valence-electron chi connectivity index (χ3n) is 2.45. The summed E-state index contributed by atoms with van der Waals surface area (Å²) in [7, 11) is 0. The van der Waals surface area contributed by atoms with Crippen molar-refractivity contribution in [3.05, 3.63) is 24.0 Å². The smallest absolute Gasteiger partial charge is 0.166 e. The summed E-state index contributed by atoms with van der Waals surface area (Å²) >= 11 is 0. The Bertz CT molecular complexity index is 314. The van der Waals surface area contributed by atoms with Crippen molar-refractivity contribution in [2.24, 2.45) is 0 Å². The van der Waals surface area contributed by atoms with E-state index in [4.69, 9.17) is 5.11 Å². The summed E-state index contributed by atoms with van der Waals surface area (Å²) in [5, 5.41) is 12.3. The van der Waals surface area contributed by atoms with E-state index in [1.807, 2.05) is 0 Å². The van der Waals surface area contributed by atoms with Gasteiger partial charge in [-0.25, -0.2) is 4.39 Å². The van der Waals surface area contributed by atoms with Gasteiger partial charge in [-0.1, -0.05) is 20.3 Å². The summed E-state index contributed by atoms with van der Waals surface area (Å²) in [6.45, 7) is 4.23. The highest BCUT2D eigenvalue weighted by atomic mass is 19.1. The molecule has 2 nitrogen and oxygen atoms in total. The minimum absolute atomic E-state index is 0.302. The minimum atomic E-state index is -0.577. The van der Waals surface area contributed by atoms with E-state index < -0.39 is 5.82 Å². The molecule has 0 saturated carbocycles. The number of rotatable bonds is 5. The van der Waals surface area contributed by atoms with Crippen molar-refractivity contribution in [3.8, 4) is 5.75 Å². The first kappa shape index (κ1) is 11.8. The first-order valence-corrected chi connectivity index (χ1v) is 5.42. The molecule has 0 aliphatic rings. The van der Waals surface area contributed by atoms with Crippen LogP contribution in [0, 0.1) is 5.82 Å². The van der Waals surface area contributed by atoms with E-state index in [9.17, 15) is 4.39 Å². The summed E-state index contributed by atoms with van der Waals surface area (Å²) in [4.78, 5) is 0. The number of benzene rings is 1. The number of nitrogens with one attached hydrogen (secondary N) is 1. The Labute approximate surface area is 90.1 Å². The molecule has 1 unspecified atom stereocenters. The van der Waals surface area contributed by atoms with Crippen molar-refractivity contribution in [3.63, 3.8) is 0 Å². The number of hydrogen-bond donors (Lipinski definition) is 2. The Hall–Kier alpha value is -1.25. The molecule has 1 aromatic rings. The number of halogens is 1. The highest BCUT2D eigenvalue weighted by molar-refractivity contribution is 5.47. The van der Waals surface area contributed by atoms with Gasteiger partial charge in [-0.05, 0) is 25.0 Å². The first-order valence-electron chi connectivity index (χ1n) is 5.42. The van der Waals surface area contributed by atoms with Crippen LogP contribution in [0.4, 0.5) is 10.1 Å². The maximum atomic E-state index is 13.0. The lowest BCUT2D eigenvalue weighted by Crippen LogP contribution is -2.17. The lowest BCUT2D eigenvalue weighted by molar-refractivity contribution is 0.432. The standard InChI is InChI=1S/C12H18FNO/c1-3-5-9(4-2)14-10-6-7-12(15)11(13)8-10/h6-9,14-15H,3-5H2,1-2H3. The van der Waals surface area contributed by atoms with Crippen LogP contribution in [0.5, 0.6) is 5.75 Å². The van der Waals surface area contributed by atoms with Crippen molar-refractivity contribution in [1.82, 2.24) is 0 Å². The van der Waals surface area contributed by atoms with Crippen LogP contribution in [0.2, 0.25) is 0 Å². The highest BCUT2D eigenvalue weighted by Crippen LogP contribution is 2.21. The Balaban J connectivity index is 2.66. The Morgan fingerprint density at radius 2 is 2.13 bits per heavy atom. The third kappa shape index (κ3) is 3.42. The van der Waals surface area contributed by atoms with Crippen LogP contribution in [-0.2, 0) is 0 Å². The molecule has 2 N–H and O–H groups in total. The summed E-state index contributed by atoms with van der Waals surface area (Å²) in [5.41, 5.74) is 0.727. The van der Waals surface area contributed by atoms with Crippen LogP contribution >= 0.6 is 0 Å². The van der Waals surface area contributed by atoms with Gasteiger partial charge >= 0.3 is 0 Å². The number of hydrogen-bond acceptors (Lipinski definition) is 2. The van der Waals surface area contributed by atoms with Crippen molar-refractivity contribution >= 4 is 5.69 Å². The number of phenols is 1. The molecule has 0 heterocycles. The second kappa shape index (κ2) is 5.59. The predicted octanol–water partition coefficient (Wildman–Crippen LogP) is 3.52. The molecule has 1 rings (SSSR count). The molecule has 0 amide bonds. The van der Waals surface area contributed by atoms with Crippen molar-refractivity contribution in [2.75, 3.05) is 5.32 Å². The molecule has 0 saturated heterocycles. The van der Waals surface area contributed by atoms with E-state index in [1.165, 1.54) is 12.1 Å². The zero-order valence-electron chi connectivity index (χ0n) is 9.26. The fourth-order valence-electron chi connectivity index (χ4n) is 1.56. The van der Waals surface area contributed by atoms with Gasteiger partial charge in [0.2, 0.25) is 0 Å². The number of aromatic hydroxyl groups is 1. The SMILES string of the molecule is CCCC(CC)Nc1ccc(O)c(F)c1. The molecule has 0 bridgehead atoms. The van der Waals surface area contributed by atoms with Gasteiger partial charge in [0.05, 0.1) is 0 Å². The number of anilines is 1. The van der Waals surface area contributed by atoms with E-state index in [0.29, 0.717) is 6.04 Å². The molecule has 84 valence electrons. The quantitative estimate of drug-likeness (QED) is 0.730. The number of phenolic OH excluding ortho intramolecular Hbond substituents is 1. The van der Waals surface area contributed by atoms with E-state index >= 15 is 0 Å². The van der Waals surface area contributed by atoms with E-state index in [0.717, 1.165) is 24.9 Å². The molecule has 0 aromatic heterocycles. The van der Waals surface area contributed by atoms with Gasteiger partial charge in [-0.2, -0.15) is 0 Å². The molecule has 0 spiro atoms. The molecule has 3 heteroatoms. The maximum Gasteiger partial charge on any atom is 0.166 e. The molecule has 0 radical (unpaired) electrons. The second-order valence-electron chi connectivity index (χ2n) is 3.70. The van der Waals surface area contributed by atoms with Gasteiger partial charge in [-0.3, -0.25) is 0 Å².